The van der Waals surface area contributed by atoms with Crippen LogP contribution in [0.5, 0.6) is 5.75 Å². The molecule has 0 spiro atoms. The lowest BCUT2D eigenvalue weighted by Gasteiger charge is -2.18. The van der Waals surface area contributed by atoms with Gasteiger partial charge in [-0.25, -0.2) is 0 Å². The average molecular weight is 340 g/mol. The van der Waals surface area contributed by atoms with Gasteiger partial charge in [0, 0.05) is 12.2 Å². The largest absolute Gasteiger partial charge is 0.496 e. The fourth-order valence-electron chi connectivity index (χ4n) is 3.14. The molecule has 0 aliphatic heterocycles. The smallest absolute Gasteiger partial charge is 0.238 e. The van der Waals surface area contributed by atoms with Gasteiger partial charge in [0.15, 0.2) is 0 Å². The predicted octanol–water partition coefficient (Wildman–Crippen LogP) is 3.94. The molecule has 2 rings (SSSR count). The molecule has 4 nitrogen and oxygen atoms in total. The Bertz CT molecular complexity index is 717. The molecule has 0 saturated carbocycles. The lowest BCUT2D eigenvalue weighted by molar-refractivity contribution is -0.117. The minimum atomic E-state index is -0.00212. The number of nitrogens with zero attached hydrogens (tertiary/aromatic N) is 1. The van der Waals surface area contributed by atoms with E-state index in [4.69, 9.17) is 4.74 Å². The Morgan fingerprint density at radius 3 is 2.40 bits per heavy atom. The Labute approximate surface area is 150 Å². The second-order valence-electron chi connectivity index (χ2n) is 6.54. The quantitative estimate of drug-likeness (QED) is 0.830. The van der Waals surface area contributed by atoms with Crippen LogP contribution >= 0.6 is 0 Å². The number of hydrogen-bond donors (Lipinski definition) is 1. The number of likely N-dealkylation sites (N-methyl/N-ethyl adjacent to an activating group) is 1. The van der Waals surface area contributed by atoms with E-state index in [1.165, 1.54) is 11.1 Å². The van der Waals surface area contributed by atoms with Crippen molar-refractivity contribution in [1.29, 1.82) is 0 Å². The third kappa shape index (κ3) is 5.33. The normalized spacial score (nSPS) is 10.8. The molecule has 2 aromatic carbocycles. The van der Waals surface area contributed by atoms with E-state index in [-0.39, 0.29) is 5.91 Å². The SMILES string of the molecule is CCc1cccc(NC(=O)CN(C)Cc2cc(C)c(OC)c(C)c2)c1. The zero-order valence-electron chi connectivity index (χ0n) is 15.8. The molecule has 1 amide bonds. The fraction of sp³-hybridized carbons (Fsp3) is 0.381. The molecule has 0 radical (unpaired) electrons. The summed E-state index contributed by atoms with van der Waals surface area (Å²) in [6.45, 7) is 7.26. The molecule has 0 unspecified atom stereocenters. The fourth-order valence-corrected chi connectivity index (χ4v) is 3.14. The maximum Gasteiger partial charge on any atom is 0.238 e. The summed E-state index contributed by atoms with van der Waals surface area (Å²) in [7, 11) is 3.65. The van der Waals surface area contributed by atoms with Crippen molar-refractivity contribution in [3.63, 3.8) is 0 Å². The highest BCUT2D eigenvalue weighted by Crippen LogP contribution is 2.24. The van der Waals surface area contributed by atoms with E-state index in [1.807, 2.05) is 44.0 Å². The number of rotatable bonds is 7. The summed E-state index contributed by atoms with van der Waals surface area (Å²) in [5.74, 6) is 0.928. The lowest BCUT2D eigenvalue weighted by Crippen LogP contribution is -2.29. The zero-order chi connectivity index (χ0) is 18.4. The third-order valence-electron chi connectivity index (χ3n) is 4.21. The van der Waals surface area contributed by atoms with Crippen LogP contribution < -0.4 is 10.1 Å². The first kappa shape index (κ1) is 19.0. The van der Waals surface area contributed by atoms with Crippen molar-refractivity contribution in [2.75, 3.05) is 26.0 Å². The second-order valence-corrected chi connectivity index (χ2v) is 6.54. The van der Waals surface area contributed by atoms with Gasteiger partial charge in [-0.3, -0.25) is 9.69 Å². The van der Waals surface area contributed by atoms with E-state index in [0.29, 0.717) is 13.1 Å². The predicted molar refractivity (Wildman–Crippen MR) is 103 cm³/mol. The van der Waals surface area contributed by atoms with Gasteiger partial charge in [0.25, 0.3) is 0 Å². The number of amides is 1. The van der Waals surface area contributed by atoms with Crippen molar-refractivity contribution >= 4 is 11.6 Å². The average Bonchev–Trinajstić information content (AvgIpc) is 2.54. The lowest BCUT2D eigenvalue weighted by atomic mass is 10.1. The molecule has 25 heavy (non-hydrogen) atoms. The van der Waals surface area contributed by atoms with Gasteiger partial charge in [-0.2, -0.15) is 0 Å². The van der Waals surface area contributed by atoms with Gasteiger partial charge < -0.3 is 10.1 Å². The van der Waals surface area contributed by atoms with Crippen molar-refractivity contribution in [3.05, 3.63) is 58.7 Å². The molecular weight excluding hydrogens is 312 g/mol. The summed E-state index contributed by atoms with van der Waals surface area (Å²) in [6.07, 6.45) is 0.958. The van der Waals surface area contributed by atoms with E-state index in [2.05, 4.69) is 30.4 Å². The van der Waals surface area contributed by atoms with Gasteiger partial charge in [-0.15, -0.1) is 0 Å². The van der Waals surface area contributed by atoms with Crippen LogP contribution in [0.2, 0.25) is 0 Å². The number of ether oxygens (including phenoxy) is 1. The second kappa shape index (κ2) is 8.67. The van der Waals surface area contributed by atoms with Gasteiger partial charge in [0.2, 0.25) is 5.91 Å². The van der Waals surface area contributed by atoms with Crippen molar-refractivity contribution in [2.45, 2.75) is 33.7 Å². The first-order valence-electron chi connectivity index (χ1n) is 8.64. The molecule has 2 aromatic rings. The number of anilines is 1. The van der Waals surface area contributed by atoms with Crippen LogP contribution in [0.4, 0.5) is 5.69 Å². The highest BCUT2D eigenvalue weighted by Gasteiger charge is 2.10. The maximum atomic E-state index is 12.3. The maximum absolute atomic E-state index is 12.3. The van der Waals surface area contributed by atoms with Crippen LogP contribution in [-0.2, 0) is 17.8 Å². The number of benzene rings is 2. The monoisotopic (exact) mass is 340 g/mol. The first-order chi connectivity index (χ1) is 11.9. The molecule has 134 valence electrons. The van der Waals surface area contributed by atoms with Gasteiger partial charge >= 0.3 is 0 Å². The van der Waals surface area contributed by atoms with Gasteiger partial charge in [-0.1, -0.05) is 31.2 Å². The minimum absolute atomic E-state index is 0.00212. The van der Waals surface area contributed by atoms with Crippen molar-refractivity contribution < 1.29 is 9.53 Å². The van der Waals surface area contributed by atoms with Crippen LogP contribution in [0.1, 0.15) is 29.2 Å². The zero-order valence-corrected chi connectivity index (χ0v) is 15.8. The highest BCUT2D eigenvalue weighted by molar-refractivity contribution is 5.92. The number of carbonyl (C=O) groups excluding carboxylic acids is 1. The summed E-state index contributed by atoms with van der Waals surface area (Å²) in [4.78, 5) is 14.3. The summed E-state index contributed by atoms with van der Waals surface area (Å²) in [5, 5.41) is 2.97. The van der Waals surface area contributed by atoms with Crippen LogP contribution in [0.3, 0.4) is 0 Å². The molecule has 0 bridgehead atoms. The van der Waals surface area contributed by atoms with Crippen LogP contribution in [0, 0.1) is 13.8 Å². The van der Waals surface area contributed by atoms with Gasteiger partial charge in [0.1, 0.15) is 5.75 Å². The number of methoxy groups -OCH3 is 1. The Kier molecular flexibility index (Phi) is 6.59. The summed E-state index contributed by atoms with van der Waals surface area (Å²) < 4.78 is 5.41. The molecule has 0 heterocycles. The Morgan fingerprint density at radius 1 is 1.12 bits per heavy atom. The van der Waals surface area contributed by atoms with Crippen molar-refractivity contribution in [3.8, 4) is 5.75 Å². The van der Waals surface area contributed by atoms with Crippen LogP contribution in [0.15, 0.2) is 36.4 Å². The Balaban J connectivity index is 1.95. The summed E-state index contributed by atoms with van der Waals surface area (Å²) in [6, 6.07) is 12.2. The van der Waals surface area contributed by atoms with Gasteiger partial charge in [-0.05, 0) is 61.7 Å². The minimum Gasteiger partial charge on any atom is -0.496 e. The molecular formula is C21H28N2O2. The first-order valence-corrected chi connectivity index (χ1v) is 8.64. The molecule has 0 atom stereocenters. The number of carbonyl (C=O) groups is 1. The molecule has 0 aliphatic carbocycles. The van der Waals surface area contributed by atoms with Crippen molar-refractivity contribution in [2.24, 2.45) is 0 Å². The standard InChI is InChI=1S/C21H28N2O2/c1-6-17-8-7-9-19(12-17)22-20(24)14-23(4)13-18-10-15(2)21(25-5)16(3)11-18/h7-12H,6,13-14H2,1-5H3,(H,22,24). The van der Waals surface area contributed by atoms with E-state index < -0.39 is 0 Å². The van der Waals surface area contributed by atoms with E-state index >= 15 is 0 Å². The van der Waals surface area contributed by atoms with E-state index in [1.54, 1.807) is 7.11 Å². The van der Waals surface area contributed by atoms with Crippen molar-refractivity contribution in [1.82, 2.24) is 4.90 Å². The molecule has 0 aliphatic rings. The Morgan fingerprint density at radius 2 is 1.80 bits per heavy atom. The van der Waals surface area contributed by atoms with Crippen LogP contribution in [0.25, 0.3) is 0 Å². The summed E-state index contributed by atoms with van der Waals surface area (Å²) in [5.41, 5.74) is 5.49. The van der Waals surface area contributed by atoms with Crippen LogP contribution in [-0.4, -0.2) is 31.5 Å². The molecule has 0 saturated heterocycles. The Hall–Kier alpha value is -2.33. The van der Waals surface area contributed by atoms with E-state index in [0.717, 1.165) is 29.0 Å². The molecule has 4 heteroatoms. The molecule has 0 fully saturated rings. The molecule has 0 aromatic heterocycles. The number of aryl methyl sites for hydroxylation is 3. The summed E-state index contributed by atoms with van der Waals surface area (Å²) >= 11 is 0. The van der Waals surface area contributed by atoms with Gasteiger partial charge in [0.05, 0.1) is 13.7 Å². The highest BCUT2D eigenvalue weighted by atomic mass is 16.5. The number of hydrogen-bond acceptors (Lipinski definition) is 3. The van der Waals surface area contributed by atoms with E-state index in [9.17, 15) is 4.79 Å². The topological polar surface area (TPSA) is 41.6 Å². The third-order valence-corrected chi connectivity index (χ3v) is 4.21. The number of nitrogens with one attached hydrogen (secondary N) is 1. The molecule has 1 N–H and O–H groups in total.